The summed E-state index contributed by atoms with van der Waals surface area (Å²) < 4.78 is 6.61. The van der Waals surface area contributed by atoms with Gasteiger partial charge < -0.3 is 10.1 Å². The maximum absolute atomic E-state index is 11.8. The Morgan fingerprint density at radius 2 is 2.12 bits per heavy atom. The van der Waals surface area contributed by atoms with Crippen molar-refractivity contribution >= 4 is 17.3 Å². The molecule has 0 aliphatic heterocycles. The molecule has 2 rings (SSSR count). The van der Waals surface area contributed by atoms with Crippen molar-refractivity contribution in [2.45, 2.75) is 26.8 Å². The molecular weight excluding hydrogens is 312 g/mol. The maximum atomic E-state index is 11.8. The second kappa shape index (κ2) is 7.58. The number of non-ortho nitro benzene ring substituents is 1. The Hall–Kier alpha value is -2.90. The van der Waals surface area contributed by atoms with Crippen LogP contribution in [0.4, 0.5) is 11.4 Å². The first-order valence-corrected chi connectivity index (χ1v) is 7.54. The molecule has 0 saturated carbocycles. The number of methoxy groups -OCH3 is 1. The second-order valence-electron chi connectivity index (χ2n) is 5.41. The van der Waals surface area contributed by atoms with Crippen molar-refractivity contribution in [2.75, 3.05) is 19.0 Å². The van der Waals surface area contributed by atoms with E-state index >= 15 is 0 Å². The Bertz CT molecular complexity index is 755. The van der Waals surface area contributed by atoms with Crippen LogP contribution in [0.25, 0.3) is 0 Å². The van der Waals surface area contributed by atoms with E-state index in [-0.39, 0.29) is 11.3 Å². The van der Waals surface area contributed by atoms with Crippen LogP contribution in [0, 0.1) is 24.0 Å². The molecule has 0 bridgehead atoms. The van der Waals surface area contributed by atoms with Gasteiger partial charge in [0, 0.05) is 36.6 Å². The first kappa shape index (κ1) is 17.5. The number of anilines is 1. The highest BCUT2D eigenvalue weighted by molar-refractivity contribution is 5.96. The largest absolute Gasteiger partial charge is 0.465 e. The van der Waals surface area contributed by atoms with E-state index in [0.29, 0.717) is 12.2 Å². The van der Waals surface area contributed by atoms with Crippen molar-refractivity contribution in [3.05, 3.63) is 51.3 Å². The van der Waals surface area contributed by atoms with Gasteiger partial charge in [-0.2, -0.15) is 5.10 Å². The fraction of sp³-hybridized carbons (Fsp3) is 0.375. The van der Waals surface area contributed by atoms with Crippen molar-refractivity contribution in [1.82, 2.24) is 9.78 Å². The minimum atomic E-state index is -0.611. The summed E-state index contributed by atoms with van der Waals surface area (Å²) in [6.45, 7) is 5.29. The van der Waals surface area contributed by atoms with Crippen molar-refractivity contribution in [1.29, 1.82) is 0 Å². The molecule has 0 fully saturated rings. The van der Waals surface area contributed by atoms with Crippen molar-refractivity contribution in [3.8, 4) is 0 Å². The van der Waals surface area contributed by atoms with Gasteiger partial charge in [-0.15, -0.1) is 0 Å². The molecule has 0 radical (unpaired) electrons. The van der Waals surface area contributed by atoms with Crippen LogP contribution in [-0.4, -0.2) is 34.3 Å². The highest BCUT2D eigenvalue weighted by Crippen LogP contribution is 2.23. The zero-order valence-corrected chi connectivity index (χ0v) is 13.9. The van der Waals surface area contributed by atoms with E-state index in [1.165, 1.54) is 25.3 Å². The van der Waals surface area contributed by atoms with E-state index in [0.717, 1.165) is 24.4 Å². The highest BCUT2D eigenvalue weighted by Gasteiger charge is 2.17. The third kappa shape index (κ3) is 4.09. The van der Waals surface area contributed by atoms with Gasteiger partial charge in [-0.1, -0.05) is 0 Å². The lowest BCUT2D eigenvalue weighted by Gasteiger charge is -2.11. The van der Waals surface area contributed by atoms with Crippen LogP contribution < -0.4 is 5.32 Å². The molecule has 1 N–H and O–H groups in total. The number of hydrogen-bond donors (Lipinski definition) is 1. The SMILES string of the molecule is COC(=O)c1cc([N+](=O)[O-])ccc1NCCCn1nc(C)cc1C. The Labute approximate surface area is 139 Å². The fourth-order valence-corrected chi connectivity index (χ4v) is 2.43. The molecule has 8 heteroatoms. The predicted octanol–water partition coefficient (Wildman–Crippen LogP) is 2.70. The Balaban J connectivity index is 2.02. The standard InChI is InChI=1S/C16H20N4O4/c1-11-9-12(2)19(18-11)8-4-7-17-15-6-5-13(20(22)23)10-14(15)16(21)24-3/h5-6,9-10,17H,4,7-8H2,1-3H3. The molecule has 24 heavy (non-hydrogen) atoms. The zero-order valence-electron chi connectivity index (χ0n) is 13.9. The summed E-state index contributed by atoms with van der Waals surface area (Å²) in [5, 5.41) is 18.4. The number of benzene rings is 1. The minimum absolute atomic E-state index is 0.149. The summed E-state index contributed by atoms with van der Waals surface area (Å²) in [6.07, 6.45) is 0.791. The van der Waals surface area contributed by atoms with Crippen molar-refractivity contribution in [3.63, 3.8) is 0 Å². The van der Waals surface area contributed by atoms with E-state index in [1.807, 2.05) is 24.6 Å². The van der Waals surface area contributed by atoms with Gasteiger partial charge in [-0.3, -0.25) is 14.8 Å². The molecule has 1 aromatic heterocycles. The molecular formula is C16H20N4O4. The van der Waals surface area contributed by atoms with E-state index < -0.39 is 10.9 Å². The van der Waals surface area contributed by atoms with Crippen LogP contribution in [0.3, 0.4) is 0 Å². The molecule has 0 aliphatic rings. The summed E-state index contributed by atoms with van der Waals surface area (Å²) in [5.74, 6) is -0.611. The first-order valence-electron chi connectivity index (χ1n) is 7.54. The van der Waals surface area contributed by atoms with Gasteiger partial charge in [0.2, 0.25) is 0 Å². The number of nitro benzene ring substituents is 1. The number of hydrogen-bond acceptors (Lipinski definition) is 6. The van der Waals surface area contributed by atoms with Gasteiger partial charge in [0.05, 0.1) is 23.3 Å². The number of aryl methyl sites for hydroxylation is 3. The number of ether oxygens (including phenoxy) is 1. The normalized spacial score (nSPS) is 10.5. The number of nitro groups is 1. The molecule has 0 saturated heterocycles. The number of nitrogens with zero attached hydrogens (tertiary/aromatic N) is 3. The van der Waals surface area contributed by atoms with Crippen LogP contribution in [0.2, 0.25) is 0 Å². The summed E-state index contributed by atoms with van der Waals surface area (Å²) in [7, 11) is 1.24. The molecule has 128 valence electrons. The van der Waals surface area contributed by atoms with Gasteiger partial charge >= 0.3 is 5.97 Å². The first-order chi connectivity index (χ1) is 11.4. The third-order valence-corrected chi connectivity index (χ3v) is 3.58. The molecule has 0 atom stereocenters. The van der Waals surface area contributed by atoms with Crippen molar-refractivity contribution in [2.24, 2.45) is 0 Å². The number of carbonyl (C=O) groups excluding carboxylic acids is 1. The molecule has 1 heterocycles. The lowest BCUT2D eigenvalue weighted by atomic mass is 10.1. The molecule has 0 amide bonds. The Morgan fingerprint density at radius 1 is 1.38 bits per heavy atom. The van der Waals surface area contributed by atoms with Gasteiger partial charge in [0.15, 0.2) is 0 Å². The molecule has 8 nitrogen and oxygen atoms in total. The van der Waals surface area contributed by atoms with Gasteiger partial charge in [0.25, 0.3) is 5.69 Å². The summed E-state index contributed by atoms with van der Waals surface area (Å²) in [4.78, 5) is 22.1. The van der Waals surface area contributed by atoms with E-state index in [9.17, 15) is 14.9 Å². The summed E-state index contributed by atoms with van der Waals surface area (Å²) >= 11 is 0. The number of esters is 1. The lowest BCUT2D eigenvalue weighted by Crippen LogP contribution is -2.12. The molecule has 1 aromatic carbocycles. The summed E-state index contributed by atoms with van der Waals surface area (Å²) in [5.41, 5.74) is 2.59. The van der Waals surface area contributed by atoms with Crippen LogP contribution in [0.1, 0.15) is 28.2 Å². The van der Waals surface area contributed by atoms with Gasteiger partial charge in [0.1, 0.15) is 0 Å². The third-order valence-electron chi connectivity index (χ3n) is 3.58. The predicted molar refractivity (Wildman–Crippen MR) is 89.2 cm³/mol. The highest BCUT2D eigenvalue weighted by atomic mass is 16.6. The average Bonchev–Trinajstić information content (AvgIpc) is 2.88. The topological polar surface area (TPSA) is 99.3 Å². The number of carbonyl (C=O) groups is 1. The molecule has 0 unspecified atom stereocenters. The number of aromatic nitrogens is 2. The quantitative estimate of drug-likeness (QED) is 0.362. The number of nitrogens with one attached hydrogen (secondary N) is 1. The van der Waals surface area contributed by atoms with E-state index in [2.05, 4.69) is 10.4 Å². The Kier molecular flexibility index (Phi) is 5.51. The van der Waals surface area contributed by atoms with Crippen LogP contribution >= 0.6 is 0 Å². The van der Waals surface area contributed by atoms with Crippen LogP contribution in [0.15, 0.2) is 24.3 Å². The van der Waals surface area contributed by atoms with Crippen molar-refractivity contribution < 1.29 is 14.5 Å². The molecule has 0 spiro atoms. The Morgan fingerprint density at radius 3 is 2.71 bits per heavy atom. The minimum Gasteiger partial charge on any atom is -0.465 e. The van der Waals surface area contributed by atoms with Gasteiger partial charge in [-0.25, -0.2) is 4.79 Å². The van der Waals surface area contributed by atoms with E-state index in [4.69, 9.17) is 4.74 Å². The number of rotatable bonds is 7. The monoisotopic (exact) mass is 332 g/mol. The van der Waals surface area contributed by atoms with Crippen LogP contribution in [-0.2, 0) is 11.3 Å². The van der Waals surface area contributed by atoms with Gasteiger partial charge in [-0.05, 0) is 32.4 Å². The summed E-state index contributed by atoms with van der Waals surface area (Å²) in [6, 6.07) is 6.11. The molecule has 0 aliphatic carbocycles. The lowest BCUT2D eigenvalue weighted by molar-refractivity contribution is -0.384. The zero-order chi connectivity index (χ0) is 17.7. The molecule has 2 aromatic rings. The van der Waals surface area contributed by atoms with E-state index in [1.54, 1.807) is 0 Å². The second-order valence-corrected chi connectivity index (χ2v) is 5.41. The smallest absolute Gasteiger partial charge is 0.340 e. The average molecular weight is 332 g/mol. The van der Waals surface area contributed by atoms with Crippen LogP contribution in [0.5, 0.6) is 0 Å². The maximum Gasteiger partial charge on any atom is 0.340 e. The fourth-order valence-electron chi connectivity index (χ4n) is 2.43.